The predicted molar refractivity (Wildman–Crippen MR) is 136 cm³/mol. The molecule has 1 amide bonds. The Morgan fingerprint density at radius 3 is 1.75 bits per heavy atom. The van der Waals surface area contributed by atoms with Gasteiger partial charge >= 0.3 is 5.63 Å². The minimum atomic E-state index is -4.61. The molecule has 0 aliphatic heterocycles. The van der Waals surface area contributed by atoms with E-state index < -0.39 is 31.6 Å². The molecule has 0 aliphatic carbocycles. The molecular formula is C25H22N2O7S2. The Balaban J connectivity index is 1.98. The molecule has 36 heavy (non-hydrogen) atoms. The topological polar surface area (TPSA) is 131 Å². The Bertz CT molecular complexity index is 1670. The number of hydrogen-bond donors (Lipinski definition) is 1. The van der Waals surface area contributed by atoms with Gasteiger partial charge < -0.3 is 9.73 Å². The lowest BCUT2D eigenvalue weighted by Crippen LogP contribution is -2.37. The van der Waals surface area contributed by atoms with Gasteiger partial charge in [-0.1, -0.05) is 35.4 Å². The smallest absolute Gasteiger partial charge is 0.360 e. The summed E-state index contributed by atoms with van der Waals surface area (Å²) < 4.78 is 60.6. The van der Waals surface area contributed by atoms with Gasteiger partial charge in [0.25, 0.3) is 20.0 Å². The van der Waals surface area contributed by atoms with E-state index in [2.05, 4.69) is 5.32 Å². The van der Waals surface area contributed by atoms with Crippen LogP contribution in [0.3, 0.4) is 0 Å². The third kappa shape index (κ3) is 4.75. The Morgan fingerprint density at radius 2 is 1.28 bits per heavy atom. The summed E-state index contributed by atoms with van der Waals surface area (Å²) in [6.45, 7) is 4.77. The van der Waals surface area contributed by atoms with E-state index in [0.717, 1.165) is 11.1 Å². The molecule has 0 saturated carbocycles. The second-order valence-corrected chi connectivity index (χ2v) is 12.0. The predicted octanol–water partition coefficient (Wildman–Crippen LogP) is 3.95. The summed E-state index contributed by atoms with van der Waals surface area (Å²) in [5, 5.41) is 2.55. The fraction of sp³-hybridized carbons (Fsp3) is 0.120. The Kier molecular flexibility index (Phi) is 6.46. The highest BCUT2D eigenvalue weighted by molar-refractivity contribution is 8.10. The first-order chi connectivity index (χ1) is 16.9. The molecular weight excluding hydrogens is 504 g/mol. The molecule has 4 rings (SSSR count). The summed E-state index contributed by atoms with van der Waals surface area (Å²) in [5.74, 6) is -0.511. The van der Waals surface area contributed by atoms with Crippen LogP contribution >= 0.6 is 0 Å². The van der Waals surface area contributed by atoms with E-state index >= 15 is 0 Å². The fourth-order valence-corrected chi connectivity index (χ4v) is 7.19. The molecule has 0 bridgehead atoms. The number of nitrogens with zero attached hydrogens (tertiary/aromatic N) is 1. The van der Waals surface area contributed by atoms with Crippen molar-refractivity contribution in [3.63, 3.8) is 0 Å². The van der Waals surface area contributed by atoms with Gasteiger partial charge in [0.2, 0.25) is 5.91 Å². The maximum Gasteiger partial charge on any atom is 0.360 e. The van der Waals surface area contributed by atoms with Gasteiger partial charge in [0.15, 0.2) is 0 Å². The molecule has 9 nitrogen and oxygen atoms in total. The number of amides is 1. The summed E-state index contributed by atoms with van der Waals surface area (Å²) >= 11 is 0. The van der Waals surface area contributed by atoms with Crippen LogP contribution in [-0.4, -0.2) is 22.7 Å². The van der Waals surface area contributed by atoms with Crippen molar-refractivity contribution in [2.45, 2.75) is 30.6 Å². The number of hydrogen-bond acceptors (Lipinski definition) is 7. The van der Waals surface area contributed by atoms with Crippen molar-refractivity contribution in [1.82, 2.24) is 0 Å². The van der Waals surface area contributed by atoms with E-state index in [4.69, 9.17) is 4.42 Å². The normalized spacial score (nSPS) is 11.9. The van der Waals surface area contributed by atoms with Crippen molar-refractivity contribution in [1.29, 1.82) is 0 Å². The summed E-state index contributed by atoms with van der Waals surface area (Å²) in [4.78, 5) is 23.2. The second-order valence-electron chi connectivity index (χ2n) is 8.18. The molecule has 0 radical (unpaired) electrons. The van der Waals surface area contributed by atoms with Gasteiger partial charge in [0.1, 0.15) is 11.3 Å². The summed E-state index contributed by atoms with van der Waals surface area (Å²) in [5.41, 5.74) is 0.508. The first kappa shape index (κ1) is 25.1. The number of carbonyl (C=O) groups is 1. The lowest BCUT2D eigenvalue weighted by atomic mass is 10.2. The SMILES string of the molecule is CC(=O)Nc1cc2cc(N(S(=O)(=O)c3ccc(C)cc3)S(=O)(=O)c3ccc(C)cc3)ccc2oc1=O. The van der Waals surface area contributed by atoms with Crippen LogP contribution in [0.25, 0.3) is 11.0 Å². The minimum absolute atomic E-state index is 0.0817. The Hall–Kier alpha value is -3.96. The average molecular weight is 527 g/mol. The van der Waals surface area contributed by atoms with Crippen molar-refractivity contribution in [3.05, 3.63) is 94.3 Å². The summed E-state index contributed by atoms with van der Waals surface area (Å²) in [6.07, 6.45) is 0. The van der Waals surface area contributed by atoms with Crippen LogP contribution in [0.5, 0.6) is 0 Å². The quantitative estimate of drug-likeness (QED) is 0.376. The van der Waals surface area contributed by atoms with Gasteiger partial charge in [-0.15, -0.1) is 0 Å². The third-order valence-corrected chi connectivity index (χ3v) is 9.52. The van der Waals surface area contributed by atoms with Gasteiger partial charge in [-0.2, -0.15) is 3.71 Å². The highest BCUT2D eigenvalue weighted by atomic mass is 32.3. The van der Waals surface area contributed by atoms with Crippen molar-refractivity contribution in [2.24, 2.45) is 0 Å². The highest BCUT2D eigenvalue weighted by Crippen LogP contribution is 2.33. The molecule has 186 valence electrons. The van der Waals surface area contributed by atoms with Crippen LogP contribution in [0.4, 0.5) is 11.4 Å². The Labute approximate surface area is 208 Å². The number of carbonyl (C=O) groups excluding carboxylic acids is 1. The Morgan fingerprint density at radius 1 is 0.778 bits per heavy atom. The molecule has 0 saturated heterocycles. The van der Waals surface area contributed by atoms with Crippen LogP contribution in [0.15, 0.2) is 91.8 Å². The molecule has 0 unspecified atom stereocenters. The zero-order valence-electron chi connectivity index (χ0n) is 19.5. The number of anilines is 2. The largest absolute Gasteiger partial charge is 0.421 e. The van der Waals surface area contributed by atoms with E-state index in [1.54, 1.807) is 38.1 Å². The molecule has 0 aliphatic rings. The van der Waals surface area contributed by atoms with Crippen molar-refractivity contribution in [3.8, 4) is 0 Å². The van der Waals surface area contributed by atoms with E-state index in [1.807, 2.05) is 0 Å². The standard InChI is InChI=1S/C25H22N2O7S2/c1-16-4-9-21(10-5-16)35(30,31)27(36(32,33)22-11-6-17(2)7-12-22)20-8-13-24-19(14-20)15-23(25(29)34-24)26-18(3)28/h4-15H,1-3H3,(H,26,28). The molecule has 0 spiro atoms. The van der Waals surface area contributed by atoms with Gasteiger partial charge in [0, 0.05) is 12.3 Å². The maximum absolute atomic E-state index is 13.7. The van der Waals surface area contributed by atoms with Crippen LogP contribution in [0.1, 0.15) is 18.1 Å². The third-order valence-electron chi connectivity index (χ3n) is 5.31. The number of nitrogens with one attached hydrogen (secondary N) is 1. The maximum atomic E-state index is 13.7. The molecule has 1 N–H and O–H groups in total. The molecule has 0 fully saturated rings. The molecule has 4 aromatic rings. The van der Waals surface area contributed by atoms with Crippen molar-refractivity contribution in [2.75, 3.05) is 9.03 Å². The van der Waals surface area contributed by atoms with E-state index in [-0.39, 0.29) is 32.1 Å². The number of benzene rings is 3. The summed E-state index contributed by atoms with van der Waals surface area (Å²) in [6, 6.07) is 16.7. The minimum Gasteiger partial charge on any atom is -0.421 e. The van der Waals surface area contributed by atoms with Crippen LogP contribution < -0.4 is 14.7 Å². The number of fused-ring (bicyclic) bond motifs is 1. The summed E-state index contributed by atoms with van der Waals surface area (Å²) in [7, 11) is -9.22. The van der Waals surface area contributed by atoms with Gasteiger partial charge in [-0.25, -0.2) is 21.6 Å². The number of aryl methyl sites for hydroxylation is 2. The lowest BCUT2D eigenvalue weighted by Gasteiger charge is -2.24. The van der Waals surface area contributed by atoms with E-state index in [0.29, 0.717) is 3.71 Å². The van der Waals surface area contributed by atoms with E-state index in [1.165, 1.54) is 55.5 Å². The molecule has 1 heterocycles. The van der Waals surface area contributed by atoms with Gasteiger partial charge in [-0.3, -0.25) is 4.79 Å². The zero-order valence-corrected chi connectivity index (χ0v) is 21.2. The highest BCUT2D eigenvalue weighted by Gasteiger charge is 2.37. The van der Waals surface area contributed by atoms with Crippen molar-refractivity contribution >= 4 is 48.3 Å². The van der Waals surface area contributed by atoms with E-state index in [9.17, 15) is 26.4 Å². The van der Waals surface area contributed by atoms with Gasteiger partial charge in [-0.05, 0) is 62.4 Å². The first-order valence-corrected chi connectivity index (χ1v) is 13.6. The van der Waals surface area contributed by atoms with Crippen LogP contribution in [-0.2, 0) is 24.8 Å². The zero-order chi connectivity index (χ0) is 26.3. The van der Waals surface area contributed by atoms with Crippen molar-refractivity contribution < 1.29 is 26.0 Å². The number of rotatable bonds is 6. The van der Waals surface area contributed by atoms with Crippen LogP contribution in [0, 0.1) is 13.8 Å². The number of sulfonamides is 2. The average Bonchev–Trinajstić information content (AvgIpc) is 2.80. The lowest BCUT2D eigenvalue weighted by molar-refractivity contribution is -0.114. The fourth-order valence-electron chi connectivity index (χ4n) is 3.52. The molecule has 3 aromatic carbocycles. The van der Waals surface area contributed by atoms with Crippen LogP contribution in [0.2, 0.25) is 0 Å². The molecule has 11 heteroatoms. The molecule has 1 aromatic heterocycles. The first-order valence-electron chi connectivity index (χ1n) is 10.7. The van der Waals surface area contributed by atoms with Gasteiger partial charge in [0.05, 0.1) is 15.5 Å². The molecule has 0 atom stereocenters. The monoisotopic (exact) mass is 526 g/mol. The second kappa shape index (κ2) is 9.25.